The maximum Gasteiger partial charge on any atom is 0.314 e. The number of carbonyl (C=O) groups is 1. The Labute approximate surface area is 103 Å². The van der Waals surface area contributed by atoms with Crippen molar-refractivity contribution in [3.8, 4) is 5.75 Å². The molecule has 0 amide bonds. The summed E-state index contributed by atoms with van der Waals surface area (Å²) in [5.41, 5.74) is -1.37. The fraction of sp³-hybridized carbons (Fsp3) is 0.462. The van der Waals surface area contributed by atoms with Gasteiger partial charge in [0.1, 0.15) is 0 Å². The van der Waals surface area contributed by atoms with Crippen LogP contribution in [-0.2, 0) is 10.2 Å². The molecule has 0 heterocycles. The van der Waals surface area contributed by atoms with Crippen LogP contribution in [0.2, 0.25) is 0 Å². The molecule has 0 spiro atoms. The molecule has 0 atom stereocenters. The van der Waals surface area contributed by atoms with E-state index in [4.69, 9.17) is 0 Å². The molecule has 1 saturated carbocycles. The Balaban J connectivity index is 2.56. The predicted molar refractivity (Wildman–Crippen MR) is 60.7 cm³/mol. The van der Waals surface area contributed by atoms with Crippen LogP contribution in [0.5, 0.6) is 5.75 Å². The molecule has 1 N–H and O–H groups in total. The molecule has 3 nitrogen and oxygen atoms in total. The van der Waals surface area contributed by atoms with Crippen molar-refractivity contribution in [1.29, 1.82) is 0 Å². The largest absolute Gasteiger partial charge is 0.494 e. The van der Waals surface area contributed by atoms with Gasteiger partial charge in [0.2, 0.25) is 5.82 Å². The second-order valence-corrected chi connectivity index (χ2v) is 4.54. The van der Waals surface area contributed by atoms with E-state index in [1.54, 1.807) is 0 Å². The zero-order chi connectivity index (χ0) is 13.3. The summed E-state index contributed by atoms with van der Waals surface area (Å²) >= 11 is 0. The molecule has 98 valence electrons. The van der Waals surface area contributed by atoms with Gasteiger partial charge in [0, 0.05) is 5.56 Å². The highest BCUT2D eigenvalue weighted by Crippen LogP contribution is 2.43. The highest BCUT2D eigenvalue weighted by atomic mass is 19.2. The summed E-state index contributed by atoms with van der Waals surface area (Å²) in [4.78, 5) is 11.4. The predicted octanol–water partition coefficient (Wildman–Crippen LogP) is 2.87. The molecule has 18 heavy (non-hydrogen) atoms. The van der Waals surface area contributed by atoms with E-state index >= 15 is 0 Å². The molecule has 1 aliphatic carbocycles. The lowest BCUT2D eigenvalue weighted by Gasteiger charge is -2.25. The number of aliphatic carboxylic acids is 1. The van der Waals surface area contributed by atoms with Gasteiger partial charge in [-0.2, -0.15) is 4.39 Å². The molecule has 0 aliphatic heterocycles. The maximum absolute atomic E-state index is 14.0. The Bertz CT molecular complexity index is 479. The van der Waals surface area contributed by atoms with E-state index in [-0.39, 0.29) is 11.3 Å². The molecular weight excluding hydrogens is 242 g/mol. The van der Waals surface area contributed by atoms with Gasteiger partial charge in [-0.25, -0.2) is 4.39 Å². The number of ether oxygens (including phenoxy) is 1. The van der Waals surface area contributed by atoms with Gasteiger partial charge in [-0.3, -0.25) is 4.79 Å². The maximum atomic E-state index is 14.0. The standard InChI is InChI=1S/C13H14F2O3/c1-18-9-5-4-8(10(14)11(9)15)13(12(16)17)6-2-3-7-13/h4-5H,2-3,6-7H2,1H3,(H,16,17). The van der Waals surface area contributed by atoms with Crippen LogP contribution in [0.15, 0.2) is 12.1 Å². The summed E-state index contributed by atoms with van der Waals surface area (Å²) in [5.74, 6) is -3.54. The van der Waals surface area contributed by atoms with Crippen molar-refractivity contribution in [1.82, 2.24) is 0 Å². The van der Waals surface area contributed by atoms with Crippen LogP contribution in [0.25, 0.3) is 0 Å². The Morgan fingerprint density at radius 1 is 1.28 bits per heavy atom. The van der Waals surface area contributed by atoms with Crippen molar-refractivity contribution in [2.45, 2.75) is 31.1 Å². The quantitative estimate of drug-likeness (QED) is 0.904. The van der Waals surface area contributed by atoms with Gasteiger partial charge in [0.15, 0.2) is 11.6 Å². The minimum Gasteiger partial charge on any atom is -0.494 e. The fourth-order valence-corrected chi connectivity index (χ4v) is 2.64. The first kappa shape index (κ1) is 12.8. The first-order valence-corrected chi connectivity index (χ1v) is 5.79. The van der Waals surface area contributed by atoms with Crippen molar-refractivity contribution in [3.05, 3.63) is 29.3 Å². The van der Waals surface area contributed by atoms with E-state index in [0.717, 1.165) is 0 Å². The van der Waals surface area contributed by atoms with Crippen LogP contribution in [0.4, 0.5) is 8.78 Å². The molecule has 0 aromatic heterocycles. The molecule has 0 bridgehead atoms. The molecule has 0 radical (unpaired) electrons. The van der Waals surface area contributed by atoms with Gasteiger partial charge in [-0.1, -0.05) is 18.9 Å². The topological polar surface area (TPSA) is 46.5 Å². The second-order valence-electron chi connectivity index (χ2n) is 4.54. The normalized spacial score (nSPS) is 17.7. The monoisotopic (exact) mass is 256 g/mol. The Morgan fingerprint density at radius 2 is 1.89 bits per heavy atom. The number of hydrogen-bond acceptors (Lipinski definition) is 2. The van der Waals surface area contributed by atoms with E-state index in [1.807, 2.05) is 0 Å². The molecule has 1 fully saturated rings. The molecule has 1 aliphatic rings. The first-order chi connectivity index (χ1) is 8.53. The molecule has 0 saturated heterocycles. The van der Waals surface area contributed by atoms with Gasteiger partial charge >= 0.3 is 5.97 Å². The van der Waals surface area contributed by atoms with Crippen LogP contribution in [0.3, 0.4) is 0 Å². The van der Waals surface area contributed by atoms with Gasteiger partial charge in [-0.05, 0) is 18.9 Å². The Morgan fingerprint density at radius 3 is 2.39 bits per heavy atom. The molecule has 5 heteroatoms. The second kappa shape index (κ2) is 4.55. The lowest BCUT2D eigenvalue weighted by molar-refractivity contribution is -0.143. The van der Waals surface area contributed by atoms with E-state index in [1.165, 1.54) is 19.2 Å². The fourth-order valence-electron chi connectivity index (χ4n) is 2.64. The third-order valence-corrected chi connectivity index (χ3v) is 3.65. The summed E-state index contributed by atoms with van der Waals surface area (Å²) in [7, 11) is 1.24. The molecule has 2 rings (SSSR count). The van der Waals surface area contributed by atoms with Crippen LogP contribution in [0.1, 0.15) is 31.2 Å². The molecule has 0 unspecified atom stereocenters. The lowest BCUT2D eigenvalue weighted by Crippen LogP contribution is -2.34. The van der Waals surface area contributed by atoms with Gasteiger partial charge in [-0.15, -0.1) is 0 Å². The summed E-state index contributed by atoms with van der Waals surface area (Å²) in [6.07, 6.45) is 2.09. The highest BCUT2D eigenvalue weighted by Gasteiger charge is 2.45. The highest BCUT2D eigenvalue weighted by molar-refractivity contribution is 5.82. The van der Waals surface area contributed by atoms with Crippen LogP contribution in [-0.4, -0.2) is 18.2 Å². The van der Waals surface area contributed by atoms with E-state index in [0.29, 0.717) is 25.7 Å². The van der Waals surface area contributed by atoms with Gasteiger partial charge in [0.25, 0.3) is 0 Å². The van der Waals surface area contributed by atoms with Crippen LogP contribution >= 0.6 is 0 Å². The SMILES string of the molecule is COc1ccc(C2(C(=O)O)CCCC2)c(F)c1F. The van der Waals surface area contributed by atoms with Crippen molar-refractivity contribution in [3.63, 3.8) is 0 Å². The average molecular weight is 256 g/mol. The van der Waals surface area contributed by atoms with Crippen molar-refractivity contribution >= 4 is 5.97 Å². The number of methoxy groups -OCH3 is 1. The number of hydrogen-bond donors (Lipinski definition) is 1. The summed E-state index contributed by atoms with van der Waals surface area (Å²) in [5, 5.41) is 9.34. The van der Waals surface area contributed by atoms with Crippen LogP contribution in [0, 0.1) is 11.6 Å². The minimum absolute atomic E-state index is 0.0780. The van der Waals surface area contributed by atoms with Gasteiger partial charge in [0.05, 0.1) is 12.5 Å². The average Bonchev–Trinajstić information content (AvgIpc) is 2.83. The smallest absolute Gasteiger partial charge is 0.314 e. The number of carboxylic acids is 1. The third kappa shape index (κ3) is 1.74. The van der Waals surface area contributed by atoms with Crippen LogP contribution < -0.4 is 4.74 Å². The Hall–Kier alpha value is -1.65. The summed E-state index contributed by atoms with van der Waals surface area (Å²) in [6, 6.07) is 2.59. The van der Waals surface area contributed by atoms with Crippen molar-refractivity contribution in [2.75, 3.05) is 7.11 Å². The van der Waals surface area contributed by atoms with E-state index in [9.17, 15) is 18.7 Å². The zero-order valence-electron chi connectivity index (χ0n) is 10.0. The van der Waals surface area contributed by atoms with Gasteiger partial charge < -0.3 is 9.84 Å². The lowest BCUT2D eigenvalue weighted by atomic mass is 9.78. The number of benzene rings is 1. The summed E-state index contributed by atoms with van der Waals surface area (Å²) in [6.45, 7) is 0. The molecule has 1 aromatic rings. The minimum atomic E-state index is -1.29. The third-order valence-electron chi connectivity index (χ3n) is 3.65. The first-order valence-electron chi connectivity index (χ1n) is 5.79. The zero-order valence-corrected chi connectivity index (χ0v) is 10.0. The van der Waals surface area contributed by atoms with E-state index in [2.05, 4.69) is 4.74 Å². The molecular formula is C13H14F2O3. The van der Waals surface area contributed by atoms with Crippen molar-refractivity contribution in [2.24, 2.45) is 0 Å². The Kier molecular flexibility index (Phi) is 3.24. The summed E-state index contributed by atoms with van der Waals surface area (Å²) < 4.78 is 32.3. The number of rotatable bonds is 3. The number of halogens is 2. The molecule has 1 aromatic carbocycles. The van der Waals surface area contributed by atoms with Crippen molar-refractivity contribution < 1.29 is 23.4 Å². The number of carboxylic acid groups (broad SMARTS) is 1. The van der Waals surface area contributed by atoms with E-state index < -0.39 is 23.0 Å².